The Hall–Kier alpha value is -1.67. The Morgan fingerprint density at radius 1 is 1.29 bits per heavy atom. The third kappa shape index (κ3) is 3.00. The number of aryl methyl sites for hydroxylation is 2. The minimum atomic E-state index is -3.47. The molecule has 3 heterocycles. The molecule has 24 heavy (non-hydrogen) atoms. The first kappa shape index (κ1) is 17.2. The highest BCUT2D eigenvalue weighted by Gasteiger charge is 2.35. The van der Waals surface area contributed by atoms with Crippen molar-refractivity contribution in [1.82, 2.24) is 23.6 Å². The average Bonchev–Trinajstić information content (AvgIpc) is 3.27. The maximum atomic E-state index is 12.8. The molecule has 0 N–H and O–H groups in total. The lowest BCUT2D eigenvalue weighted by molar-refractivity contribution is 0.467. The fraction of sp³-hybridized carbons (Fsp3) is 0.625. The average molecular weight is 351 g/mol. The molecule has 2 aromatic rings. The quantitative estimate of drug-likeness (QED) is 0.798. The van der Waals surface area contributed by atoms with Gasteiger partial charge in [0.15, 0.2) is 0 Å². The molecule has 0 radical (unpaired) electrons. The highest BCUT2D eigenvalue weighted by Crippen LogP contribution is 2.31. The molecule has 132 valence electrons. The van der Waals surface area contributed by atoms with E-state index in [4.69, 9.17) is 0 Å². The monoisotopic (exact) mass is 351 g/mol. The van der Waals surface area contributed by atoms with Crippen LogP contribution in [0.1, 0.15) is 44.1 Å². The van der Waals surface area contributed by atoms with Gasteiger partial charge in [-0.05, 0) is 26.7 Å². The van der Waals surface area contributed by atoms with Crippen molar-refractivity contribution in [2.75, 3.05) is 13.1 Å². The van der Waals surface area contributed by atoms with Crippen LogP contribution in [0, 0.1) is 6.92 Å². The highest BCUT2D eigenvalue weighted by molar-refractivity contribution is 7.89. The molecule has 1 fully saturated rings. The van der Waals surface area contributed by atoms with Crippen molar-refractivity contribution in [3.8, 4) is 0 Å². The zero-order chi connectivity index (χ0) is 17.3. The second kappa shape index (κ2) is 6.68. The molecule has 1 aliphatic heterocycles. The minimum Gasteiger partial charge on any atom is -0.332 e. The molecule has 0 bridgehead atoms. The third-order valence-corrected chi connectivity index (χ3v) is 6.44. The van der Waals surface area contributed by atoms with Gasteiger partial charge in [-0.1, -0.05) is 6.92 Å². The van der Waals surface area contributed by atoms with Gasteiger partial charge in [0.25, 0.3) is 0 Å². The van der Waals surface area contributed by atoms with Crippen molar-refractivity contribution in [2.45, 2.75) is 57.5 Å². The van der Waals surface area contributed by atoms with Gasteiger partial charge in [-0.3, -0.25) is 4.68 Å². The van der Waals surface area contributed by atoms with Crippen molar-refractivity contribution >= 4 is 10.0 Å². The van der Waals surface area contributed by atoms with Crippen LogP contribution in [0.4, 0.5) is 0 Å². The Morgan fingerprint density at radius 3 is 2.75 bits per heavy atom. The van der Waals surface area contributed by atoms with E-state index in [2.05, 4.69) is 28.5 Å². The van der Waals surface area contributed by atoms with E-state index in [0.29, 0.717) is 19.6 Å². The molecule has 3 rings (SSSR count). The predicted octanol–water partition coefficient (Wildman–Crippen LogP) is 2.00. The van der Waals surface area contributed by atoms with Gasteiger partial charge >= 0.3 is 0 Å². The van der Waals surface area contributed by atoms with E-state index in [1.165, 1.54) is 6.20 Å². The predicted molar refractivity (Wildman–Crippen MR) is 91.3 cm³/mol. The number of sulfonamides is 1. The van der Waals surface area contributed by atoms with Gasteiger partial charge in [-0.2, -0.15) is 9.40 Å². The van der Waals surface area contributed by atoms with Gasteiger partial charge in [0.2, 0.25) is 10.0 Å². The minimum absolute atomic E-state index is 0.154. The number of aromatic nitrogens is 4. The summed E-state index contributed by atoms with van der Waals surface area (Å²) in [4.78, 5) is 4.82. The molecule has 1 aliphatic rings. The van der Waals surface area contributed by atoms with E-state index >= 15 is 0 Å². The van der Waals surface area contributed by atoms with Crippen LogP contribution in [0.3, 0.4) is 0 Å². The molecule has 0 aliphatic carbocycles. The SMILES string of the molecule is CCCn1c(C)cnc1[C@H]1CCN(S(=O)(=O)c2cnn(CC)c2)C1. The molecular formula is C16H25N5O2S. The van der Waals surface area contributed by atoms with Crippen molar-refractivity contribution in [1.29, 1.82) is 0 Å². The second-order valence-electron chi connectivity index (χ2n) is 6.29. The fourth-order valence-corrected chi connectivity index (χ4v) is 4.73. The van der Waals surface area contributed by atoms with Crippen molar-refractivity contribution in [3.63, 3.8) is 0 Å². The number of nitrogens with zero attached hydrogens (tertiary/aromatic N) is 5. The second-order valence-corrected chi connectivity index (χ2v) is 8.23. The van der Waals surface area contributed by atoms with Crippen LogP contribution in [-0.4, -0.2) is 45.1 Å². The lowest BCUT2D eigenvalue weighted by Gasteiger charge is -2.16. The molecule has 2 aromatic heterocycles. The first-order valence-corrected chi connectivity index (χ1v) is 9.96. The summed E-state index contributed by atoms with van der Waals surface area (Å²) in [5, 5.41) is 4.09. The molecule has 0 aromatic carbocycles. The van der Waals surface area contributed by atoms with E-state index < -0.39 is 10.0 Å². The number of imidazole rings is 1. The number of hydrogen-bond acceptors (Lipinski definition) is 4. The summed E-state index contributed by atoms with van der Waals surface area (Å²) in [7, 11) is -3.47. The van der Waals surface area contributed by atoms with Crippen molar-refractivity contribution in [2.24, 2.45) is 0 Å². The molecule has 7 nitrogen and oxygen atoms in total. The van der Waals surface area contributed by atoms with Gasteiger partial charge in [-0.25, -0.2) is 13.4 Å². The highest BCUT2D eigenvalue weighted by atomic mass is 32.2. The van der Waals surface area contributed by atoms with Crippen LogP contribution in [0.2, 0.25) is 0 Å². The Balaban J connectivity index is 1.80. The molecular weight excluding hydrogens is 326 g/mol. The normalized spacial score (nSPS) is 19.2. The van der Waals surface area contributed by atoms with Gasteiger partial charge < -0.3 is 4.57 Å². The zero-order valence-electron chi connectivity index (χ0n) is 14.5. The lowest BCUT2D eigenvalue weighted by atomic mass is 10.1. The molecule has 8 heteroatoms. The summed E-state index contributed by atoms with van der Waals surface area (Å²) in [5.41, 5.74) is 1.14. The molecule has 0 unspecified atom stereocenters. The Morgan fingerprint density at radius 2 is 2.08 bits per heavy atom. The smallest absolute Gasteiger partial charge is 0.246 e. The molecule has 0 amide bonds. The summed E-state index contributed by atoms with van der Waals surface area (Å²) >= 11 is 0. The van der Waals surface area contributed by atoms with Crippen molar-refractivity contribution < 1.29 is 8.42 Å². The van der Waals surface area contributed by atoms with Crippen LogP contribution in [0.5, 0.6) is 0 Å². The third-order valence-electron chi connectivity index (χ3n) is 4.62. The maximum Gasteiger partial charge on any atom is 0.246 e. The van der Waals surface area contributed by atoms with Crippen LogP contribution >= 0.6 is 0 Å². The standard InChI is InChI=1S/C16H25N5O2S/c1-4-7-21-13(3)9-17-16(21)14-6-8-20(11-14)24(22,23)15-10-18-19(5-2)12-15/h9-10,12,14H,4-8,11H2,1-3H3/t14-/m0/s1. The first-order chi connectivity index (χ1) is 11.5. The first-order valence-electron chi connectivity index (χ1n) is 8.52. The number of rotatable bonds is 6. The summed E-state index contributed by atoms with van der Waals surface area (Å²) in [6, 6.07) is 0. The summed E-state index contributed by atoms with van der Waals surface area (Å²) in [6.07, 6.45) is 6.77. The van der Waals surface area contributed by atoms with E-state index in [9.17, 15) is 8.42 Å². The van der Waals surface area contributed by atoms with Gasteiger partial charge in [0.05, 0.1) is 6.20 Å². The summed E-state index contributed by atoms with van der Waals surface area (Å²) < 4.78 is 31.0. The summed E-state index contributed by atoms with van der Waals surface area (Å²) in [5.74, 6) is 1.16. The topological polar surface area (TPSA) is 73.0 Å². The molecule has 0 spiro atoms. The molecule has 0 saturated carbocycles. The van der Waals surface area contributed by atoms with Gasteiger partial charge in [-0.15, -0.1) is 0 Å². The van der Waals surface area contributed by atoms with E-state index in [1.807, 2.05) is 13.1 Å². The Labute approximate surface area is 143 Å². The van der Waals surface area contributed by atoms with E-state index in [0.717, 1.165) is 30.9 Å². The van der Waals surface area contributed by atoms with E-state index in [1.54, 1.807) is 15.2 Å². The van der Waals surface area contributed by atoms with E-state index in [-0.39, 0.29) is 10.8 Å². The zero-order valence-corrected chi connectivity index (χ0v) is 15.3. The molecule has 1 saturated heterocycles. The lowest BCUT2D eigenvalue weighted by Crippen LogP contribution is -2.28. The Bertz CT molecular complexity index is 808. The van der Waals surface area contributed by atoms with Crippen LogP contribution in [0.25, 0.3) is 0 Å². The number of hydrogen-bond donors (Lipinski definition) is 0. The maximum absolute atomic E-state index is 12.8. The van der Waals surface area contributed by atoms with Crippen LogP contribution in [-0.2, 0) is 23.1 Å². The van der Waals surface area contributed by atoms with Crippen LogP contribution in [0.15, 0.2) is 23.5 Å². The largest absolute Gasteiger partial charge is 0.332 e. The summed E-state index contributed by atoms with van der Waals surface area (Å²) in [6.45, 7) is 8.72. The Kier molecular flexibility index (Phi) is 4.78. The van der Waals surface area contributed by atoms with Crippen molar-refractivity contribution in [3.05, 3.63) is 30.1 Å². The molecule has 1 atom stereocenters. The van der Waals surface area contributed by atoms with Gasteiger partial charge in [0.1, 0.15) is 10.7 Å². The van der Waals surface area contributed by atoms with Crippen LogP contribution < -0.4 is 0 Å². The fourth-order valence-electron chi connectivity index (χ4n) is 3.28. The van der Waals surface area contributed by atoms with Gasteiger partial charge in [0, 0.05) is 50.2 Å².